The number of hydrazone groups is 1. The van der Waals surface area contributed by atoms with E-state index in [0.717, 1.165) is 5.56 Å². The summed E-state index contributed by atoms with van der Waals surface area (Å²) < 4.78 is 1.22. The fourth-order valence-corrected chi connectivity index (χ4v) is 3.38. The van der Waals surface area contributed by atoms with Gasteiger partial charge in [-0.3, -0.25) is 15.5 Å². The summed E-state index contributed by atoms with van der Waals surface area (Å²) in [6, 6.07) is 8.23. The molecule has 0 unspecified atom stereocenters. The van der Waals surface area contributed by atoms with Crippen LogP contribution in [0.1, 0.15) is 10.4 Å². The molecule has 0 radical (unpaired) electrons. The molecular formula is C13H13N3O2S2. The van der Waals surface area contributed by atoms with Crippen molar-refractivity contribution in [1.29, 1.82) is 0 Å². The minimum absolute atomic E-state index is 0.0673. The van der Waals surface area contributed by atoms with E-state index in [4.69, 9.17) is 0 Å². The van der Waals surface area contributed by atoms with Gasteiger partial charge in [0.1, 0.15) is 0 Å². The van der Waals surface area contributed by atoms with Crippen LogP contribution in [0.4, 0.5) is 11.4 Å². The second kappa shape index (κ2) is 6.53. The van der Waals surface area contributed by atoms with E-state index in [9.17, 15) is 10.1 Å². The first-order chi connectivity index (χ1) is 9.60. The Morgan fingerprint density at radius 1 is 1.40 bits per heavy atom. The minimum Gasteiger partial charge on any atom is -0.278 e. The Balaban J connectivity index is 2.04. The van der Waals surface area contributed by atoms with E-state index in [1.54, 1.807) is 41.4 Å². The summed E-state index contributed by atoms with van der Waals surface area (Å²) in [7, 11) is 0. The molecule has 0 saturated heterocycles. The summed E-state index contributed by atoms with van der Waals surface area (Å²) in [6.07, 6.45) is 3.79. The number of non-ortho nitro benzene ring substituents is 1. The second-order valence-corrected chi connectivity index (χ2v) is 6.31. The van der Waals surface area contributed by atoms with Crippen LogP contribution < -0.4 is 5.43 Å². The minimum atomic E-state index is -0.425. The van der Waals surface area contributed by atoms with Crippen LogP contribution in [0.15, 0.2) is 39.6 Å². The highest BCUT2D eigenvalue weighted by Crippen LogP contribution is 2.28. The van der Waals surface area contributed by atoms with E-state index in [0.29, 0.717) is 5.69 Å². The zero-order valence-electron chi connectivity index (χ0n) is 11.0. The third-order valence-corrected chi connectivity index (χ3v) is 4.73. The summed E-state index contributed by atoms with van der Waals surface area (Å²) in [6.45, 7) is 2.06. The molecule has 2 aromatic rings. The smallest absolute Gasteiger partial charge is 0.269 e. The number of thiophene rings is 1. The number of nitro benzene ring substituents is 1. The fourth-order valence-electron chi connectivity index (χ4n) is 1.60. The first-order valence-corrected chi connectivity index (χ1v) is 7.82. The molecule has 104 valence electrons. The van der Waals surface area contributed by atoms with Crippen LogP contribution in [0.3, 0.4) is 0 Å². The van der Waals surface area contributed by atoms with Crippen molar-refractivity contribution in [3.05, 3.63) is 50.9 Å². The maximum atomic E-state index is 10.5. The summed E-state index contributed by atoms with van der Waals surface area (Å²) in [5, 5.41) is 14.7. The van der Waals surface area contributed by atoms with Crippen LogP contribution in [0.25, 0.3) is 0 Å². The Morgan fingerprint density at radius 2 is 2.10 bits per heavy atom. The van der Waals surface area contributed by atoms with Gasteiger partial charge < -0.3 is 0 Å². The van der Waals surface area contributed by atoms with Crippen LogP contribution in [0.2, 0.25) is 0 Å². The van der Waals surface area contributed by atoms with E-state index >= 15 is 0 Å². The third-order valence-electron chi connectivity index (χ3n) is 2.51. The molecule has 0 aliphatic rings. The molecule has 0 fully saturated rings. The largest absolute Gasteiger partial charge is 0.278 e. The summed E-state index contributed by atoms with van der Waals surface area (Å²) in [4.78, 5) is 11.4. The third kappa shape index (κ3) is 3.58. The van der Waals surface area contributed by atoms with Gasteiger partial charge in [0.15, 0.2) is 0 Å². The van der Waals surface area contributed by atoms with Gasteiger partial charge in [-0.05, 0) is 31.4 Å². The number of hydrogen-bond donors (Lipinski definition) is 1. The maximum absolute atomic E-state index is 10.5. The molecule has 0 atom stereocenters. The van der Waals surface area contributed by atoms with Crippen molar-refractivity contribution in [2.45, 2.75) is 11.1 Å². The van der Waals surface area contributed by atoms with Crippen LogP contribution in [-0.4, -0.2) is 17.4 Å². The first kappa shape index (κ1) is 14.5. The van der Waals surface area contributed by atoms with E-state index in [1.165, 1.54) is 21.2 Å². The lowest BCUT2D eigenvalue weighted by Crippen LogP contribution is -1.92. The second-order valence-electron chi connectivity index (χ2n) is 3.98. The fraction of sp³-hybridized carbons (Fsp3) is 0.154. The predicted octanol–water partition coefficient (Wildman–Crippen LogP) is 4.13. The van der Waals surface area contributed by atoms with Crippen molar-refractivity contribution in [3.8, 4) is 0 Å². The normalized spacial score (nSPS) is 10.9. The molecule has 0 bridgehead atoms. The Bertz CT molecular complexity index is 636. The number of anilines is 1. The molecule has 1 N–H and O–H groups in total. The van der Waals surface area contributed by atoms with Crippen molar-refractivity contribution in [2.75, 3.05) is 11.7 Å². The highest BCUT2D eigenvalue weighted by atomic mass is 32.2. The number of nitrogens with one attached hydrogen (secondary N) is 1. The van der Waals surface area contributed by atoms with Gasteiger partial charge >= 0.3 is 0 Å². The van der Waals surface area contributed by atoms with Crippen LogP contribution in [-0.2, 0) is 0 Å². The highest BCUT2D eigenvalue weighted by Gasteiger charge is 2.04. The monoisotopic (exact) mass is 307 g/mol. The molecule has 1 heterocycles. The van der Waals surface area contributed by atoms with E-state index in [1.807, 2.05) is 6.26 Å². The lowest BCUT2D eigenvalue weighted by atomic mass is 10.3. The zero-order valence-corrected chi connectivity index (χ0v) is 12.6. The Morgan fingerprint density at radius 3 is 2.70 bits per heavy atom. The van der Waals surface area contributed by atoms with Gasteiger partial charge in [-0.1, -0.05) is 0 Å². The van der Waals surface area contributed by atoms with Gasteiger partial charge in [0.05, 0.1) is 21.0 Å². The van der Waals surface area contributed by atoms with Crippen molar-refractivity contribution >= 4 is 40.7 Å². The zero-order chi connectivity index (χ0) is 14.5. The quantitative estimate of drug-likeness (QED) is 0.390. The van der Waals surface area contributed by atoms with Gasteiger partial charge in [0.25, 0.3) is 5.69 Å². The van der Waals surface area contributed by atoms with Gasteiger partial charge in [-0.15, -0.1) is 23.1 Å². The molecule has 1 aromatic heterocycles. The lowest BCUT2D eigenvalue weighted by molar-refractivity contribution is -0.384. The number of aryl methyl sites for hydroxylation is 1. The molecule has 0 aliphatic heterocycles. The van der Waals surface area contributed by atoms with Gasteiger partial charge in [0, 0.05) is 22.6 Å². The van der Waals surface area contributed by atoms with Crippen LogP contribution >= 0.6 is 23.1 Å². The Labute approximate surface area is 124 Å². The summed E-state index contributed by atoms with van der Waals surface area (Å²) >= 11 is 3.43. The maximum Gasteiger partial charge on any atom is 0.269 e. The van der Waals surface area contributed by atoms with Crippen LogP contribution in [0.5, 0.6) is 0 Å². The average Bonchev–Trinajstić information content (AvgIpc) is 2.79. The van der Waals surface area contributed by atoms with E-state index in [-0.39, 0.29) is 5.69 Å². The number of benzene rings is 1. The number of rotatable bonds is 5. The molecule has 0 amide bonds. The molecule has 1 aromatic carbocycles. The van der Waals surface area contributed by atoms with Crippen LogP contribution in [0, 0.1) is 17.0 Å². The average molecular weight is 307 g/mol. The molecule has 2 rings (SSSR count). The van der Waals surface area contributed by atoms with Crippen molar-refractivity contribution in [2.24, 2.45) is 5.10 Å². The topological polar surface area (TPSA) is 67.5 Å². The molecule has 0 aliphatic carbocycles. The van der Waals surface area contributed by atoms with Crippen molar-refractivity contribution in [1.82, 2.24) is 0 Å². The number of hydrogen-bond acceptors (Lipinski definition) is 6. The Kier molecular flexibility index (Phi) is 4.75. The molecule has 7 heteroatoms. The molecule has 0 spiro atoms. The van der Waals surface area contributed by atoms with Gasteiger partial charge in [0.2, 0.25) is 0 Å². The SMILES string of the molecule is CSc1sc(C)cc1/C=N\Nc1ccc([N+](=O)[O-])cc1. The number of nitrogens with zero attached hydrogens (tertiary/aromatic N) is 2. The van der Waals surface area contributed by atoms with Crippen molar-refractivity contribution < 1.29 is 4.92 Å². The molecule has 20 heavy (non-hydrogen) atoms. The number of thioether (sulfide) groups is 1. The van der Waals surface area contributed by atoms with Gasteiger partial charge in [-0.2, -0.15) is 5.10 Å². The van der Waals surface area contributed by atoms with E-state index in [2.05, 4.69) is 23.5 Å². The van der Waals surface area contributed by atoms with E-state index < -0.39 is 4.92 Å². The standard InChI is InChI=1S/C13H13N3O2S2/c1-9-7-10(13(19-2)20-9)8-14-15-11-3-5-12(6-4-11)16(17)18/h3-8,15H,1-2H3/b14-8-. The lowest BCUT2D eigenvalue weighted by Gasteiger charge is -1.99. The van der Waals surface area contributed by atoms with Gasteiger partial charge in [-0.25, -0.2) is 0 Å². The first-order valence-electron chi connectivity index (χ1n) is 5.78. The summed E-state index contributed by atoms with van der Waals surface area (Å²) in [5.41, 5.74) is 4.72. The Hall–Kier alpha value is -1.86. The van der Waals surface area contributed by atoms with Crippen molar-refractivity contribution in [3.63, 3.8) is 0 Å². The summed E-state index contributed by atoms with van der Waals surface area (Å²) in [5.74, 6) is 0. The highest BCUT2D eigenvalue weighted by molar-refractivity contribution is 8.00. The predicted molar refractivity (Wildman–Crippen MR) is 85.2 cm³/mol. The number of nitro groups is 1. The molecular weight excluding hydrogens is 294 g/mol. The molecule has 5 nitrogen and oxygen atoms in total. The molecule has 0 saturated carbocycles.